The van der Waals surface area contributed by atoms with E-state index < -0.39 is 33.8 Å². The van der Waals surface area contributed by atoms with Crippen molar-refractivity contribution in [1.29, 1.82) is 0 Å². The summed E-state index contributed by atoms with van der Waals surface area (Å²) in [5.74, 6) is -2.00. The summed E-state index contributed by atoms with van der Waals surface area (Å²) in [5, 5.41) is 19.4. The lowest BCUT2D eigenvalue weighted by Gasteiger charge is -2.18. The third kappa shape index (κ3) is 4.95. The van der Waals surface area contributed by atoms with Gasteiger partial charge in [-0.2, -0.15) is 4.72 Å². The Hall–Kier alpha value is -3.30. The number of benzene rings is 2. The third-order valence-corrected chi connectivity index (χ3v) is 5.66. The zero-order valence-electron chi connectivity index (χ0n) is 15.5. The lowest BCUT2D eigenvalue weighted by atomic mass is 10.1. The molecule has 152 valence electrons. The summed E-state index contributed by atoms with van der Waals surface area (Å²) in [4.78, 5) is 17.7. The predicted octanol–water partition coefficient (Wildman–Crippen LogP) is 1.75. The molecule has 8 nitrogen and oxygen atoms in total. The third-order valence-electron chi connectivity index (χ3n) is 4.17. The van der Waals surface area contributed by atoms with Crippen LogP contribution in [0.3, 0.4) is 0 Å². The van der Waals surface area contributed by atoms with E-state index in [4.69, 9.17) is 4.84 Å². The molecule has 0 amide bonds. The van der Waals surface area contributed by atoms with E-state index in [1.165, 1.54) is 12.1 Å². The van der Waals surface area contributed by atoms with Crippen LogP contribution < -0.4 is 9.56 Å². The monoisotopic (exact) mass is 416 g/mol. The molecule has 3 aromatic rings. The summed E-state index contributed by atoms with van der Waals surface area (Å²) < 4.78 is 28.4. The van der Waals surface area contributed by atoms with Gasteiger partial charge in [-0.1, -0.05) is 48.0 Å². The highest BCUT2D eigenvalue weighted by atomic mass is 32.2. The van der Waals surface area contributed by atoms with Crippen molar-refractivity contribution < 1.29 is 28.3 Å². The van der Waals surface area contributed by atoms with E-state index in [1.54, 1.807) is 42.5 Å². The zero-order valence-corrected chi connectivity index (χ0v) is 16.3. The molecule has 3 N–H and O–H groups in total. The SMILES string of the molecule is Cc1ccc(S(=O)(=O)N[C@@H](Cc2ccccc2)C(=O)On2c(O)ccc2O)cc1. The molecule has 0 fully saturated rings. The van der Waals surface area contributed by atoms with Gasteiger partial charge in [-0.05, 0) is 31.0 Å². The molecule has 0 aliphatic heterocycles. The van der Waals surface area contributed by atoms with Crippen molar-refractivity contribution in [2.45, 2.75) is 24.3 Å². The molecule has 3 rings (SSSR count). The molecule has 1 aromatic heterocycles. The van der Waals surface area contributed by atoms with E-state index in [9.17, 15) is 23.4 Å². The number of hydrogen-bond acceptors (Lipinski definition) is 6. The van der Waals surface area contributed by atoms with E-state index in [0.29, 0.717) is 10.3 Å². The van der Waals surface area contributed by atoms with Crippen molar-refractivity contribution in [2.24, 2.45) is 0 Å². The molecule has 1 atom stereocenters. The molecule has 0 aliphatic carbocycles. The maximum Gasteiger partial charge on any atom is 0.351 e. The Morgan fingerprint density at radius 1 is 1.00 bits per heavy atom. The summed E-state index contributed by atoms with van der Waals surface area (Å²) in [6.45, 7) is 1.83. The van der Waals surface area contributed by atoms with Gasteiger partial charge in [0, 0.05) is 12.1 Å². The summed E-state index contributed by atoms with van der Waals surface area (Å²) >= 11 is 0. The number of aromatic hydroxyl groups is 2. The van der Waals surface area contributed by atoms with Crippen LogP contribution in [0.5, 0.6) is 11.8 Å². The normalized spacial score (nSPS) is 12.4. The van der Waals surface area contributed by atoms with Gasteiger partial charge < -0.3 is 15.1 Å². The summed E-state index contributed by atoms with van der Waals surface area (Å²) in [6.07, 6.45) is 0.00750. The molecular formula is C20H20N2O6S. The Morgan fingerprint density at radius 3 is 2.17 bits per heavy atom. The fourth-order valence-electron chi connectivity index (χ4n) is 2.64. The zero-order chi connectivity index (χ0) is 21.0. The van der Waals surface area contributed by atoms with Crippen LogP contribution >= 0.6 is 0 Å². The lowest BCUT2D eigenvalue weighted by Crippen LogP contribution is -2.46. The second-order valence-electron chi connectivity index (χ2n) is 6.43. The summed E-state index contributed by atoms with van der Waals surface area (Å²) in [5.41, 5.74) is 1.59. The van der Waals surface area contributed by atoms with Gasteiger partial charge in [0.2, 0.25) is 21.8 Å². The number of aryl methyl sites for hydroxylation is 1. The Kier molecular flexibility index (Phi) is 5.90. The van der Waals surface area contributed by atoms with Gasteiger partial charge in [-0.3, -0.25) is 0 Å². The number of nitrogens with zero attached hydrogens (tertiary/aromatic N) is 1. The number of rotatable bonds is 7. The Bertz CT molecular complexity index is 1070. The van der Waals surface area contributed by atoms with Crippen molar-refractivity contribution in [3.8, 4) is 11.8 Å². The van der Waals surface area contributed by atoms with Crippen molar-refractivity contribution in [1.82, 2.24) is 9.45 Å². The minimum absolute atomic E-state index is 0.000574. The van der Waals surface area contributed by atoms with Crippen molar-refractivity contribution in [3.05, 3.63) is 77.9 Å². The van der Waals surface area contributed by atoms with Crippen LogP contribution in [-0.4, -0.2) is 35.4 Å². The molecule has 0 unspecified atom stereocenters. The fraction of sp³-hybridized carbons (Fsp3) is 0.150. The maximum atomic E-state index is 12.8. The predicted molar refractivity (Wildman–Crippen MR) is 105 cm³/mol. The number of sulfonamides is 1. The van der Waals surface area contributed by atoms with Gasteiger partial charge in [0.25, 0.3) is 0 Å². The molecule has 0 spiro atoms. The van der Waals surface area contributed by atoms with Crippen molar-refractivity contribution >= 4 is 16.0 Å². The number of aromatic nitrogens is 1. The number of carbonyl (C=O) groups is 1. The summed E-state index contributed by atoms with van der Waals surface area (Å²) in [6, 6.07) is 15.9. The lowest BCUT2D eigenvalue weighted by molar-refractivity contribution is -0.147. The number of hydrogen-bond donors (Lipinski definition) is 3. The highest BCUT2D eigenvalue weighted by Crippen LogP contribution is 2.19. The van der Waals surface area contributed by atoms with Crippen LogP contribution in [0, 0.1) is 6.92 Å². The number of nitrogens with one attached hydrogen (secondary N) is 1. The van der Waals surface area contributed by atoms with Crippen LogP contribution in [0.2, 0.25) is 0 Å². The Balaban J connectivity index is 1.88. The topological polar surface area (TPSA) is 118 Å². The Labute approximate surface area is 168 Å². The Morgan fingerprint density at radius 2 is 1.59 bits per heavy atom. The van der Waals surface area contributed by atoms with Crippen LogP contribution in [0.15, 0.2) is 71.6 Å². The highest BCUT2D eigenvalue weighted by molar-refractivity contribution is 7.89. The minimum Gasteiger partial charge on any atom is -0.492 e. The summed E-state index contributed by atoms with van der Waals surface area (Å²) in [7, 11) is -4.03. The van der Waals surface area contributed by atoms with E-state index in [2.05, 4.69) is 4.72 Å². The molecule has 29 heavy (non-hydrogen) atoms. The van der Waals surface area contributed by atoms with Gasteiger partial charge in [0.1, 0.15) is 6.04 Å². The molecule has 1 heterocycles. The molecule has 0 saturated carbocycles. The first-order chi connectivity index (χ1) is 13.8. The molecular weight excluding hydrogens is 396 g/mol. The van der Waals surface area contributed by atoms with E-state index >= 15 is 0 Å². The molecule has 0 saturated heterocycles. The smallest absolute Gasteiger partial charge is 0.351 e. The van der Waals surface area contributed by atoms with Gasteiger partial charge in [-0.15, -0.1) is 4.73 Å². The van der Waals surface area contributed by atoms with Gasteiger partial charge in [0.15, 0.2) is 0 Å². The molecule has 0 aliphatic rings. The van der Waals surface area contributed by atoms with Crippen molar-refractivity contribution in [3.63, 3.8) is 0 Å². The van der Waals surface area contributed by atoms with Crippen LogP contribution in [0.25, 0.3) is 0 Å². The highest BCUT2D eigenvalue weighted by Gasteiger charge is 2.29. The van der Waals surface area contributed by atoms with E-state index in [-0.39, 0.29) is 11.3 Å². The molecule has 9 heteroatoms. The average Bonchev–Trinajstić information content (AvgIpc) is 3.00. The molecule has 0 radical (unpaired) electrons. The minimum atomic E-state index is -4.03. The second kappa shape index (κ2) is 8.38. The first-order valence-electron chi connectivity index (χ1n) is 8.71. The average molecular weight is 416 g/mol. The molecule has 0 bridgehead atoms. The largest absolute Gasteiger partial charge is 0.492 e. The quantitative estimate of drug-likeness (QED) is 0.540. The van der Waals surface area contributed by atoms with Gasteiger partial charge in [0.05, 0.1) is 4.90 Å². The van der Waals surface area contributed by atoms with Crippen LogP contribution in [0.4, 0.5) is 0 Å². The fourth-order valence-corrected chi connectivity index (χ4v) is 3.83. The van der Waals surface area contributed by atoms with Gasteiger partial charge >= 0.3 is 5.97 Å². The first-order valence-corrected chi connectivity index (χ1v) is 10.2. The van der Waals surface area contributed by atoms with E-state index in [0.717, 1.165) is 17.7 Å². The maximum absolute atomic E-state index is 12.8. The van der Waals surface area contributed by atoms with Crippen LogP contribution in [-0.2, 0) is 21.2 Å². The first kappa shape index (κ1) is 20.4. The van der Waals surface area contributed by atoms with Gasteiger partial charge in [-0.25, -0.2) is 13.2 Å². The van der Waals surface area contributed by atoms with E-state index in [1.807, 2.05) is 6.92 Å². The number of carbonyl (C=O) groups excluding carboxylic acids is 1. The standard InChI is InChI=1S/C20H20N2O6S/c1-14-7-9-16(10-8-14)29(26,27)21-17(13-15-5-3-2-4-6-15)20(25)28-22-18(23)11-12-19(22)24/h2-12,17,21,23-24H,13H2,1H3/t17-/m0/s1. The van der Waals surface area contributed by atoms with Crippen LogP contribution in [0.1, 0.15) is 11.1 Å². The second-order valence-corrected chi connectivity index (χ2v) is 8.15. The molecule has 2 aromatic carbocycles. The van der Waals surface area contributed by atoms with Crippen molar-refractivity contribution in [2.75, 3.05) is 0 Å².